The Hall–Kier alpha value is -0.900. The van der Waals surface area contributed by atoms with E-state index in [0.29, 0.717) is 0 Å². The van der Waals surface area contributed by atoms with Crippen LogP contribution in [0.2, 0.25) is 0 Å². The highest BCUT2D eigenvalue weighted by molar-refractivity contribution is 7.98. The van der Waals surface area contributed by atoms with Gasteiger partial charge in [0.05, 0.1) is 17.4 Å². The summed E-state index contributed by atoms with van der Waals surface area (Å²) >= 11 is 4.96. The summed E-state index contributed by atoms with van der Waals surface area (Å²) in [4.78, 5) is 9.16. The topological polar surface area (TPSA) is 57.2 Å². The molecule has 1 aliphatic heterocycles. The maximum Gasteiger partial charge on any atom is 0.186 e. The van der Waals surface area contributed by atoms with Crippen LogP contribution in [0.5, 0.6) is 0 Å². The number of hydrogen-bond donors (Lipinski definition) is 1. The van der Waals surface area contributed by atoms with E-state index in [1.807, 2.05) is 11.8 Å². The monoisotopic (exact) mass is 384 g/mol. The fraction of sp³-hybridized carbons (Fsp3) is 0.667. The Morgan fingerprint density at radius 3 is 2.92 bits per heavy atom. The molecule has 1 aliphatic rings. The lowest BCUT2D eigenvalue weighted by atomic mass is 10.4. The molecule has 0 atom stereocenters. The Morgan fingerprint density at radius 1 is 1.29 bits per heavy atom. The van der Waals surface area contributed by atoms with E-state index in [1.54, 1.807) is 11.3 Å². The van der Waals surface area contributed by atoms with Gasteiger partial charge in [-0.25, -0.2) is 4.98 Å². The van der Waals surface area contributed by atoms with E-state index in [0.717, 1.165) is 49.3 Å². The molecule has 0 bridgehead atoms. The van der Waals surface area contributed by atoms with Crippen molar-refractivity contribution < 1.29 is 0 Å². The Morgan fingerprint density at radius 2 is 2.12 bits per heavy atom. The number of nitrogens with zero attached hydrogens (tertiary/aromatic N) is 5. The van der Waals surface area contributed by atoms with Crippen molar-refractivity contribution >= 4 is 46.5 Å². The van der Waals surface area contributed by atoms with Gasteiger partial charge in [0, 0.05) is 43.1 Å². The van der Waals surface area contributed by atoms with Crippen molar-refractivity contribution in [2.75, 3.05) is 49.7 Å². The Balaban J connectivity index is 1.37. The zero-order valence-corrected chi connectivity index (χ0v) is 16.6. The Bertz CT molecular complexity index is 620. The summed E-state index contributed by atoms with van der Waals surface area (Å²) in [5.41, 5.74) is 1.19. The van der Waals surface area contributed by atoms with E-state index in [4.69, 9.17) is 0 Å². The zero-order chi connectivity index (χ0) is 16.8. The van der Waals surface area contributed by atoms with Gasteiger partial charge in [-0.2, -0.15) is 20.5 Å². The summed E-state index contributed by atoms with van der Waals surface area (Å²) in [7, 11) is 4.15. The van der Waals surface area contributed by atoms with Gasteiger partial charge < -0.3 is 15.1 Å². The summed E-state index contributed by atoms with van der Waals surface area (Å²) in [5, 5.41) is 6.81. The first-order chi connectivity index (χ1) is 11.7. The zero-order valence-electron chi connectivity index (χ0n) is 14.2. The number of anilines is 2. The van der Waals surface area contributed by atoms with E-state index >= 15 is 0 Å². The van der Waals surface area contributed by atoms with E-state index < -0.39 is 0 Å². The maximum atomic E-state index is 4.67. The molecule has 2 aromatic rings. The van der Waals surface area contributed by atoms with Crippen LogP contribution < -0.4 is 10.2 Å². The molecule has 6 nitrogen and oxygen atoms in total. The van der Waals surface area contributed by atoms with Crippen LogP contribution in [0.15, 0.2) is 5.38 Å². The van der Waals surface area contributed by atoms with E-state index in [1.165, 1.54) is 35.3 Å². The number of hydrogen-bond acceptors (Lipinski definition) is 9. The predicted octanol–water partition coefficient (Wildman–Crippen LogP) is 3.00. The minimum Gasteiger partial charge on any atom is -0.365 e. The maximum absolute atomic E-state index is 4.67. The lowest BCUT2D eigenvalue weighted by Crippen LogP contribution is -2.20. The average molecular weight is 385 g/mol. The van der Waals surface area contributed by atoms with Crippen molar-refractivity contribution in [2.45, 2.75) is 25.1 Å². The lowest BCUT2D eigenvalue weighted by Gasteiger charge is -2.15. The minimum absolute atomic E-state index is 0.908. The van der Waals surface area contributed by atoms with Gasteiger partial charge in [-0.1, -0.05) is 0 Å². The third-order valence-corrected chi connectivity index (χ3v) is 6.11. The van der Waals surface area contributed by atoms with E-state index in [9.17, 15) is 0 Å². The van der Waals surface area contributed by atoms with Crippen molar-refractivity contribution in [1.82, 2.24) is 18.6 Å². The highest BCUT2D eigenvalue weighted by Gasteiger charge is 2.19. The first kappa shape index (κ1) is 17.9. The number of nitrogens with one attached hydrogen (secondary N) is 1. The summed E-state index contributed by atoms with van der Waals surface area (Å²) in [6.07, 6.45) is 2.52. The standard InChI is InChI=1S/C15H24N6S3/c1-20(2)9-13-17-12(11-23-13)10-22-8-5-16-14-15(19-24-18-14)21-6-3-4-7-21/h11H,3-10H2,1-2H3,(H,16,18). The molecule has 132 valence electrons. The van der Waals surface area contributed by atoms with Crippen LogP contribution in [0.25, 0.3) is 0 Å². The largest absolute Gasteiger partial charge is 0.365 e. The summed E-state index contributed by atoms with van der Waals surface area (Å²) in [5.74, 6) is 4.00. The summed E-state index contributed by atoms with van der Waals surface area (Å²) in [6.45, 7) is 4.04. The van der Waals surface area contributed by atoms with Crippen molar-refractivity contribution in [3.05, 3.63) is 16.1 Å². The van der Waals surface area contributed by atoms with Crippen molar-refractivity contribution in [1.29, 1.82) is 0 Å². The Kier molecular flexibility index (Phi) is 6.70. The number of rotatable bonds is 9. The molecule has 2 aromatic heterocycles. The average Bonchev–Trinajstić information content (AvgIpc) is 3.27. The van der Waals surface area contributed by atoms with Crippen molar-refractivity contribution in [3.63, 3.8) is 0 Å². The SMILES string of the molecule is CN(C)Cc1nc(CSCCNc2nsnc2N2CCCC2)cs1. The van der Waals surface area contributed by atoms with Crippen LogP contribution in [0.1, 0.15) is 23.5 Å². The van der Waals surface area contributed by atoms with Gasteiger partial charge in [-0.05, 0) is 26.9 Å². The van der Waals surface area contributed by atoms with Gasteiger partial charge in [0.15, 0.2) is 11.6 Å². The van der Waals surface area contributed by atoms with Crippen LogP contribution in [0, 0.1) is 0 Å². The second-order valence-corrected chi connectivity index (χ2v) is 8.66. The molecule has 0 amide bonds. The molecular formula is C15H24N6S3. The van der Waals surface area contributed by atoms with Gasteiger partial charge in [0.1, 0.15) is 5.01 Å². The van der Waals surface area contributed by atoms with E-state index in [-0.39, 0.29) is 0 Å². The quantitative estimate of drug-likeness (QED) is 0.667. The molecule has 24 heavy (non-hydrogen) atoms. The van der Waals surface area contributed by atoms with Gasteiger partial charge in [0.2, 0.25) is 0 Å². The summed E-state index contributed by atoms with van der Waals surface area (Å²) < 4.78 is 8.85. The highest BCUT2D eigenvalue weighted by atomic mass is 32.2. The normalized spacial score (nSPS) is 14.7. The van der Waals surface area contributed by atoms with Crippen LogP contribution in [-0.2, 0) is 12.3 Å². The van der Waals surface area contributed by atoms with Crippen LogP contribution in [0.4, 0.5) is 11.6 Å². The molecule has 0 aliphatic carbocycles. The van der Waals surface area contributed by atoms with Gasteiger partial charge in [0.25, 0.3) is 0 Å². The number of thiazole rings is 1. The first-order valence-electron chi connectivity index (χ1n) is 8.19. The number of aromatic nitrogens is 3. The Labute approximate surface area is 156 Å². The molecule has 9 heteroatoms. The highest BCUT2D eigenvalue weighted by Crippen LogP contribution is 2.26. The molecule has 1 N–H and O–H groups in total. The lowest BCUT2D eigenvalue weighted by molar-refractivity contribution is 0.401. The molecule has 0 unspecified atom stereocenters. The van der Waals surface area contributed by atoms with Gasteiger partial charge in [-0.15, -0.1) is 11.3 Å². The van der Waals surface area contributed by atoms with Crippen LogP contribution >= 0.6 is 34.8 Å². The molecule has 3 heterocycles. The smallest absolute Gasteiger partial charge is 0.186 e. The first-order valence-corrected chi connectivity index (χ1v) is 11.0. The molecule has 1 fully saturated rings. The third-order valence-electron chi connectivity index (χ3n) is 3.72. The fourth-order valence-corrected chi connectivity index (χ4v) is 4.92. The minimum atomic E-state index is 0.908. The number of thioether (sulfide) groups is 1. The van der Waals surface area contributed by atoms with Gasteiger partial charge >= 0.3 is 0 Å². The van der Waals surface area contributed by atoms with Gasteiger partial charge in [-0.3, -0.25) is 0 Å². The van der Waals surface area contributed by atoms with Crippen LogP contribution in [-0.4, -0.2) is 58.1 Å². The molecule has 0 saturated carbocycles. The molecule has 0 radical (unpaired) electrons. The fourth-order valence-electron chi connectivity index (χ4n) is 2.61. The predicted molar refractivity (Wildman–Crippen MR) is 106 cm³/mol. The molecule has 0 spiro atoms. The molecule has 1 saturated heterocycles. The molecular weight excluding hydrogens is 360 g/mol. The van der Waals surface area contributed by atoms with Crippen molar-refractivity contribution in [3.8, 4) is 0 Å². The van der Waals surface area contributed by atoms with Crippen LogP contribution in [0.3, 0.4) is 0 Å². The second-order valence-electron chi connectivity index (χ2n) is 6.08. The second kappa shape index (κ2) is 8.98. The third kappa shape index (κ3) is 5.05. The van der Waals surface area contributed by atoms with Crippen molar-refractivity contribution in [2.24, 2.45) is 0 Å². The molecule has 3 rings (SSSR count). The molecule has 0 aromatic carbocycles. The van der Waals surface area contributed by atoms with E-state index in [2.05, 4.69) is 48.3 Å². The summed E-state index contributed by atoms with van der Waals surface area (Å²) in [6, 6.07) is 0.